The van der Waals surface area contributed by atoms with Gasteiger partial charge >= 0.3 is 0 Å². The Morgan fingerprint density at radius 2 is 1.85 bits per heavy atom. The maximum atomic E-state index is 12.7. The van der Waals surface area contributed by atoms with Crippen LogP contribution in [0.15, 0.2) is 18.2 Å². The molecule has 0 saturated carbocycles. The number of hydrogen-bond acceptors (Lipinski definition) is 6. The van der Waals surface area contributed by atoms with Crippen molar-refractivity contribution in [3.63, 3.8) is 0 Å². The number of amides is 1. The van der Waals surface area contributed by atoms with Crippen LogP contribution in [0.4, 0.5) is 0 Å². The van der Waals surface area contributed by atoms with E-state index in [1.54, 1.807) is 18.7 Å². The minimum Gasteiger partial charge on any atom is -0.454 e. The number of nitrogens with zero attached hydrogens (tertiary/aromatic N) is 2. The lowest BCUT2D eigenvalue weighted by Gasteiger charge is -2.37. The van der Waals surface area contributed by atoms with E-state index in [-0.39, 0.29) is 18.6 Å². The van der Waals surface area contributed by atoms with Crippen molar-refractivity contribution >= 4 is 16.1 Å². The second kappa shape index (κ2) is 8.01. The number of carbonyl (C=O) groups is 1. The summed E-state index contributed by atoms with van der Waals surface area (Å²) in [5.41, 5.74) is 1.12. The highest BCUT2D eigenvalue weighted by Crippen LogP contribution is 2.32. The first kappa shape index (κ1) is 19.9. The topological polar surface area (TPSA) is 114 Å². The molecule has 9 nitrogen and oxygen atoms in total. The molecule has 1 saturated heterocycles. The van der Waals surface area contributed by atoms with Crippen LogP contribution in [0.3, 0.4) is 0 Å². The summed E-state index contributed by atoms with van der Waals surface area (Å²) in [6.45, 7) is 7.08. The van der Waals surface area contributed by atoms with E-state index in [1.807, 2.05) is 18.2 Å². The van der Waals surface area contributed by atoms with E-state index in [1.165, 1.54) is 0 Å². The van der Waals surface area contributed by atoms with Gasteiger partial charge < -0.3 is 14.4 Å². The molecule has 2 aliphatic rings. The molecule has 150 valence electrons. The first-order chi connectivity index (χ1) is 12.7. The molecular weight excluding hydrogens is 372 g/mol. The molecule has 10 heteroatoms. The standard InChI is InChI=1S/C17H26N4O5S/c1-12(2)16(19-27(18,23)24)17(22)21-7-5-20(6-8-21)10-13-3-4-14-15(9-13)26-11-25-14/h3-4,9,12,16,19H,5-8,10-11H2,1-2H3,(H2,18,23,24)/t16-/m1/s1. The highest BCUT2D eigenvalue weighted by atomic mass is 32.2. The molecule has 0 spiro atoms. The molecule has 2 heterocycles. The summed E-state index contributed by atoms with van der Waals surface area (Å²) >= 11 is 0. The third kappa shape index (κ3) is 5.10. The SMILES string of the molecule is CC(C)[C@@H](NS(N)(=O)=O)C(=O)N1CCN(Cc2ccc3c(c2)OCO3)CC1. The van der Waals surface area contributed by atoms with Crippen molar-refractivity contribution < 1.29 is 22.7 Å². The largest absolute Gasteiger partial charge is 0.454 e. The zero-order valence-corrected chi connectivity index (χ0v) is 16.4. The molecule has 1 aromatic carbocycles. The van der Waals surface area contributed by atoms with E-state index in [4.69, 9.17) is 14.6 Å². The normalized spacial score (nSPS) is 18.7. The summed E-state index contributed by atoms with van der Waals surface area (Å²) in [5.74, 6) is 1.09. The summed E-state index contributed by atoms with van der Waals surface area (Å²) in [5, 5.41) is 5.05. The first-order valence-corrected chi connectivity index (χ1v) is 10.5. The van der Waals surface area contributed by atoms with Crippen molar-refractivity contribution in [1.29, 1.82) is 0 Å². The Morgan fingerprint density at radius 1 is 1.19 bits per heavy atom. The third-order valence-corrected chi connectivity index (χ3v) is 5.33. The lowest BCUT2D eigenvalue weighted by atomic mass is 10.0. The Morgan fingerprint density at radius 3 is 2.48 bits per heavy atom. The Bertz CT molecular complexity index is 791. The molecule has 0 aromatic heterocycles. The van der Waals surface area contributed by atoms with Gasteiger partial charge in [-0.25, -0.2) is 5.14 Å². The van der Waals surface area contributed by atoms with Gasteiger partial charge in [0.1, 0.15) is 6.04 Å². The Kier molecular flexibility index (Phi) is 5.89. The van der Waals surface area contributed by atoms with Crippen LogP contribution < -0.4 is 19.3 Å². The van der Waals surface area contributed by atoms with Gasteiger partial charge in [-0.15, -0.1) is 0 Å². The molecule has 27 heavy (non-hydrogen) atoms. The van der Waals surface area contributed by atoms with Gasteiger partial charge in [-0.1, -0.05) is 19.9 Å². The van der Waals surface area contributed by atoms with Gasteiger partial charge in [0.25, 0.3) is 10.2 Å². The highest BCUT2D eigenvalue weighted by molar-refractivity contribution is 7.87. The van der Waals surface area contributed by atoms with Crippen molar-refractivity contribution in [3.05, 3.63) is 23.8 Å². The summed E-state index contributed by atoms with van der Waals surface area (Å²) in [7, 11) is -3.94. The fraction of sp³-hybridized carbons (Fsp3) is 0.588. The average molecular weight is 398 g/mol. The second-order valence-electron chi connectivity index (χ2n) is 7.17. The molecule has 2 aliphatic heterocycles. The summed E-state index contributed by atoms with van der Waals surface area (Å²) in [6.07, 6.45) is 0. The third-order valence-electron chi connectivity index (χ3n) is 4.75. The van der Waals surface area contributed by atoms with Crippen LogP contribution in [0.1, 0.15) is 19.4 Å². The predicted octanol–water partition coefficient (Wildman–Crippen LogP) is -0.123. The zero-order valence-electron chi connectivity index (χ0n) is 15.6. The molecule has 0 bridgehead atoms. The fourth-order valence-corrected chi connectivity index (χ4v) is 4.00. The van der Waals surface area contributed by atoms with Gasteiger partial charge in [-0.2, -0.15) is 13.1 Å². The number of fused-ring (bicyclic) bond motifs is 1. The van der Waals surface area contributed by atoms with E-state index in [0.717, 1.165) is 23.6 Å². The Hall–Kier alpha value is -1.88. The van der Waals surface area contributed by atoms with Gasteiger partial charge in [0, 0.05) is 32.7 Å². The number of nitrogens with one attached hydrogen (secondary N) is 1. The lowest BCUT2D eigenvalue weighted by molar-refractivity contribution is -0.135. The number of benzene rings is 1. The highest BCUT2D eigenvalue weighted by Gasteiger charge is 2.31. The van der Waals surface area contributed by atoms with E-state index < -0.39 is 16.3 Å². The molecule has 3 N–H and O–H groups in total. The Labute approximate surface area is 159 Å². The van der Waals surface area contributed by atoms with Crippen LogP contribution in [-0.4, -0.2) is 63.1 Å². The van der Waals surface area contributed by atoms with Crippen LogP contribution in [0.25, 0.3) is 0 Å². The number of nitrogens with two attached hydrogens (primary N) is 1. The lowest BCUT2D eigenvalue weighted by Crippen LogP contribution is -2.57. The fourth-order valence-electron chi connectivity index (χ4n) is 3.27. The predicted molar refractivity (Wildman–Crippen MR) is 99.3 cm³/mol. The van der Waals surface area contributed by atoms with Crippen LogP contribution in [0.5, 0.6) is 11.5 Å². The summed E-state index contributed by atoms with van der Waals surface area (Å²) in [6, 6.07) is 5.05. The first-order valence-electron chi connectivity index (χ1n) is 8.92. The molecule has 1 amide bonds. The maximum absolute atomic E-state index is 12.7. The van der Waals surface area contributed by atoms with Crippen molar-refractivity contribution in [3.8, 4) is 11.5 Å². The number of ether oxygens (including phenoxy) is 2. The van der Waals surface area contributed by atoms with E-state index in [9.17, 15) is 13.2 Å². The quantitative estimate of drug-likeness (QED) is 0.690. The molecule has 1 aromatic rings. The van der Waals surface area contributed by atoms with Crippen LogP contribution in [0.2, 0.25) is 0 Å². The van der Waals surface area contributed by atoms with Crippen molar-refractivity contribution in [2.45, 2.75) is 26.4 Å². The maximum Gasteiger partial charge on any atom is 0.275 e. The molecule has 0 radical (unpaired) electrons. The van der Waals surface area contributed by atoms with Gasteiger partial charge in [0.15, 0.2) is 11.5 Å². The van der Waals surface area contributed by atoms with E-state index >= 15 is 0 Å². The molecular formula is C17H26N4O5S. The molecule has 0 aliphatic carbocycles. The van der Waals surface area contributed by atoms with Crippen LogP contribution in [-0.2, 0) is 21.5 Å². The number of carbonyl (C=O) groups excluding carboxylic acids is 1. The minimum atomic E-state index is -3.94. The van der Waals surface area contributed by atoms with Crippen LogP contribution in [0, 0.1) is 5.92 Å². The second-order valence-corrected chi connectivity index (χ2v) is 8.50. The Balaban J connectivity index is 1.55. The summed E-state index contributed by atoms with van der Waals surface area (Å²) < 4.78 is 35.7. The van der Waals surface area contributed by atoms with Gasteiger partial charge in [-0.05, 0) is 23.6 Å². The van der Waals surface area contributed by atoms with Crippen molar-refractivity contribution in [2.24, 2.45) is 11.1 Å². The van der Waals surface area contributed by atoms with Crippen molar-refractivity contribution in [2.75, 3.05) is 33.0 Å². The van der Waals surface area contributed by atoms with Gasteiger partial charge in [0.05, 0.1) is 0 Å². The van der Waals surface area contributed by atoms with Gasteiger partial charge in [-0.3, -0.25) is 9.69 Å². The smallest absolute Gasteiger partial charge is 0.275 e. The van der Waals surface area contributed by atoms with Gasteiger partial charge in [0.2, 0.25) is 12.7 Å². The van der Waals surface area contributed by atoms with Crippen LogP contribution >= 0.6 is 0 Å². The average Bonchev–Trinajstić information content (AvgIpc) is 3.06. The molecule has 3 rings (SSSR count). The number of hydrogen-bond donors (Lipinski definition) is 2. The van der Waals surface area contributed by atoms with Crippen molar-refractivity contribution in [1.82, 2.24) is 14.5 Å². The summed E-state index contributed by atoms with van der Waals surface area (Å²) in [4.78, 5) is 16.6. The number of piperazine rings is 1. The zero-order chi connectivity index (χ0) is 19.6. The molecule has 1 atom stereocenters. The molecule has 0 unspecified atom stereocenters. The van der Waals surface area contributed by atoms with E-state index in [0.29, 0.717) is 26.2 Å². The molecule has 1 fully saturated rings. The minimum absolute atomic E-state index is 0.192. The number of rotatable bonds is 6. The monoisotopic (exact) mass is 398 g/mol. The van der Waals surface area contributed by atoms with E-state index in [2.05, 4.69) is 9.62 Å².